The largest absolute Gasteiger partial charge is 0.303 e. The van der Waals surface area contributed by atoms with Crippen LogP contribution in [0.5, 0.6) is 0 Å². The van der Waals surface area contributed by atoms with Gasteiger partial charge in [0.15, 0.2) is 0 Å². The van der Waals surface area contributed by atoms with Crippen LogP contribution in [0.25, 0.3) is 0 Å². The maximum absolute atomic E-state index is 11.1. The van der Waals surface area contributed by atoms with E-state index in [1.165, 1.54) is 0 Å². The van der Waals surface area contributed by atoms with Gasteiger partial charge < -0.3 is 4.79 Å². The fourth-order valence-corrected chi connectivity index (χ4v) is 2.11. The topological polar surface area (TPSA) is 34.1 Å². The van der Waals surface area contributed by atoms with Crippen LogP contribution in [-0.4, -0.2) is 12.1 Å². The molecule has 1 fully saturated rings. The summed E-state index contributed by atoms with van der Waals surface area (Å²) in [5.74, 6) is 1.20. The van der Waals surface area contributed by atoms with E-state index in [0.717, 1.165) is 19.1 Å². The number of carbonyl (C=O) groups excluding carboxylic acids is 2. The van der Waals surface area contributed by atoms with Gasteiger partial charge in [0.25, 0.3) is 0 Å². The van der Waals surface area contributed by atoms with Crippen molar-refractivity contribution >= 4 is 12.1 Å². The van der Waals surface area contributed by atoms with Crippen molar-refractivity contribution in [1.29, 1.82) is 0 Å². The molecule has 1 aliphatic rings. The van der Waals surface area contributed by atoms with E-state index in [1.54, 1.807) is 0 Å². The first-order chi connectivity index (χ1) is 5.77. The maximum atomic E-state index is 11.1. The highest BCUT2D eigenvalue weighted by atomic mass is 16.1. The standard InChI is InChI=1S/C10H16O2/c1-2-3-8-6-10(12)7-9(8)4-5-11/h5,8-9H,2-4,6-7H2,1H3/t8-,9+/m1/s1. The zero-order chi connectivity index (χ0) is 8.97. The lowest BCUT2D eigenvalue weighted by molar-refractivity contribution is -0.117. The van der Waals surface area contributed by atoms with Gasteiger partial charge in [-0.25, -0.2) is 0 Å². The molecule has 0 spiro atoms. The van der Waals surface area contributed by atoms with Crippen LogP contribution in [0.3, 0.4) is 0 Å². The Bertz CT molecular complexity index is 175. The first kappa shape index (κ1) is 9.43. The van der Waals surface area contributed by atoms with Gasteiger partial charge >= 0.3 is 0 Å². The minimum Gasteiger partial charge on any atom is -0.303 e. The first-order valence-electron chi connectivity index (χ1n) is 4.73. The molecule has 0 radical (unpaired) electrons. The second-order valence-electron chi connectivity index (χ2n) is 3.66. The van der Waals surface area contributed by atoms with Crippen LogP contribution in [-0.2, 0) is 9.59 Å². The smallest absolute Gasteiger partial charge is 0.133 e. The zero-order valence-corrected chi connectivity index (χ0v) is 7.58. The highest BCUT2D eigenvalue weighted by molar-refractivity contribution is 5.81. The Hall–Kier alpha value is -0.660. The average Bonchev–Trinajstić information content (AvgIpc) is 2.33. The van der Waals surface area contributed by atoms with Crippen molar-refractivity contribution in [3.8, 4) is 0 Å². The molecule has 0 amide bonds. The molecule has 1 rings (SSSR count). The average molecular weight is 168 g/mol. The van der Waals surface area contributed by atoms with E-state index in [0.29, 0.717) is 36.9 Å². The summed E-state index contributed by atoms with van der Waals surface area (Å²) >= 11 is 0. The molecule has 2 nitrogen and oxygen atoms in total. The number of hydrogen-bond donors (Lipinski definition) is 0. The summed E-state index contributed by atoms with van der Waals surface area (Å²) in [5, 5.41) is 0. The van der Waals surface area contributed by atoms with E-state index in [-0.39, 0.29) is 0 Å². The van der Waals surface area contributed by atoms with Gasteiger partial charge in [-0.2, -0.15) is 0 Å². The summed E-state index contributed by atoms with van der Waals surface area (Å²) in [6, 6.07) is 0. The van der Waals surface area contributed by atoms with E-state index in [4.69, 9.17) is 0 Å². The van der Waals surface area contributed by atoms with Crippen molar-refractivity contribution < 1.29 is 9.59 Å². The normalized spacial score (nSPS) is 29.2. The molecule has 1 aliphatic carbocycles. The van der Waals surface area contributed by atoms with Crippen LogP contribution in [0, 0.1) is 11.8 Å². The fourth-order valence-electron chi connectivity index (χ4n) is 2.11. The lowest BCUT2D eigenvalue weighted by Crippen LogP contribution is -2.07. The first-order valence-corrected chi connectivity index (χ1v) is 4.73. The summed E-state index contributed by atoms with van der Waals surface area (Å²) in [4.78, 5) is 21.4. The summed E-state index contributed by atoms with van der Waals surface area (Å²) in [6.45, 7) is 2.13. The molecule has 0 N–H and O–H groups in total. The Morgan fingerprint density at radius 3 is 2.67 bits per heavy atom. The Balaban J connectivity index is 2.46. The van der Waals surface area contributed by atoms with Gasteiger partial charge in [0, 0.05) is 19.3 Å². The second-order valence-corrected chi connectivity index (χ2v) is 3.66. The molecule has 68 valence electrons. The van der Waals surface area contributed by atoms with Gasteiger partial charge in [-0.1, -0.05) is 13.3 Å². The molecule has 0 saturated heterocycles. The molecule has 0 aliphatic heterocycles. The van der Waals surface area contributed by atoms with Gasteiger partial charge in [-0.15, -0.1) is 0 Å². The van der Waals surface area contributed by atoms with Gasteiger partial charge in [0.05, 0.1) is 0 Å². The van der Waals surface area contributed by atoms with E-state index in [1.807, 2.05) is 0 Å². The third-order valence-electron chi connectivity index (χ3n) is 2.70. The summed E-state index contributed by atoms with van der Waals surface area (Å²) < 4.78 is 0. The van der Waals surface area contributed by atoms with Crippen molar-refractivity contribution in [3.63, 3.8) is 0 Å². The van der Waals surface area contributed by atoms with Crippen LogP contribution < -0.4 is 0 Å². The van der Waals surface area contributed by atoms with Crippen molar-refractivity contribution in [2.75, 3.05) is 0 Å². The number of hydrogen-bond acceptors (Lipinski definition) is 2. The third-order valence-corrected chi connectivity index (χ3v) is 2.70. The predicted molar refractivity (Wildman–Crippen MR) is 46.8 cm³/mol. The van der Waals surface area contributed by atoms with E-state index >= 15 is 0 Å². The number of aldehydes is 1. The van der Waals surface area contributed by atoms with E-state index in [2.05, 4.69) is 6.92 Å². The molecular formula is C10H16O2. The Morgan fingerprint density at radius 1 is 1.42 bits per heavy atom. The number of carbonyl (C=O) groups is 2. The molecule has 0 unspecified atom stereocenters. The molecular weight excluding hydrogens is 152 g/mol. The van der Waals surface area contributed by atoms with Crippen molar-refractivity contribution in [2.45, 2.75) is 39.0 Å². The van der Waals surface area contributed by atoms with Gasteiger partial charge in [0.1, 0.15) is 12.1 Å². The van der Waals surface area contributed by atoms with Crippen LogP contribution in [0.4, 0.5) is 0 Å². The Kier molecular flexibility index (Phi) is 3.45. The molecule has 0 bridgehead atoms. The van der Waals surface area contributed by atoms with Crippen LogP contribution in [0.1, 0.15) is 39.0 Å². The number of rotatable bonds is 4. The Labute approximate surface area is 73.3 Å². The Morgan fingerprint density at radius 2 is 2.08 bits per heavy atom. The molecule has 1 saturated carbocycles. The zero-order valence-electron chi connectivity index (χ0n) is 7.58. The van der Waals surface area contributed by atoms with Crippen LogP contribution in [0.2, 0.25) is 0 Å². The van der Waals surface area contributed by atoms with E-state index < -0.39 is 0 Å². The number of ketones is 1. The minimum absolute atomic E-state index is 0.348. The molecule has 2 heteroatoms. The van der Waals surface area contributed by atoms with Gasteiger partial charge in [-0.05, 0) is 18.3 Å². The fraction of sp³-hybridized carbons (Fsp3) is 0.800. The highest BCUT2D eigenvalue weighted by Gasteiger charge is 2.31. The number of Topliss-reactive ketones (excluding diaryl/α,β-unsaturated/α-hetero) is 1. The molecule has 0 aromatic carbocycles. The molecule has 0 heterocycles. The molecule has 12 heavy (non-hydrogen) atoms. The monoisotopic (exact) mass is 168 g/mol. The summed E-state index contributed by atoms with van der Waals surface area (Å²) in [7, 11) is 0. The molecule has 0 aromatic rings. The van der Waals surface area contributed by atoms with Crippen molar-refractivity contribution in [2.24, 2.45) is 11.8 Å². The van der Waals surface area contributed by atoms with Gasteiger partial charge in [-0.3, -0.25) is 4.79 Å². The lowest BCUT2D eigenvalue weighted by atomic mass is 9.90. The van der Waals surface area contributed by atoms with Crippen LogP contribution >= 0.6 is 0 Å². The minimum atomic E-state index is 0.348. The summed E-state index contributed by atoms with van der Waals surface area (Å²) in [5.41, 5.74) is 0. The lowest BCUT2D eigenvalue weighted by Gasteiger charge is -2.14. The second kappa shape index (κ2) is 4.39. The quantitative estimate of drug-likeness (QED) is 0.601. The molecule has 2 atom stereocenters. The van der Waals surface area contributed by atoms with Crippen molar-refractivity contribution in [1.82, 2.24) is 0 Å². The third kappa shape index (κ3) is 2.16. The SMILES string of the molecule is CCC[C@@H]1CC(=O)C[C@@H]1CC=O. The molecule has 0 aromatic heterocycles. The highest BCUT2D eigenvalue weighted by Crippen LogP contribution is 2.34. The van der Waals surface area contributed by atoms with Crippen LogP contribution in [0.15, 0.2) is 0 Å². The van der Waals surface area contributed by atoms with E-state index in [9.17, 15) is 9.59 Å². The van der Waals surface area contributed by atoms with Gasteiger partial charge in [0.2, 0.25) is 0 Å². The summed E-state index contributed by atoms with van der Waals surface area (Å²) in [6.07, 6.45) is 5.11. The maximum Gasteiger partial charge on any atom is 0.133 e. The van der Waals surface area contributed by atoms with Crippen molar-refractivity contribution in [3.05, 3.63) is 0 Å². The predicted octanol–water partition coefficient (Wildman–Crippen LogP) is 1.97.